The molecule has 0 aliphatic heterocycles. The van der Waals surface area contributed by atoms with Gasteiger partial charge in [-0.15, -0.1) is 13.8 Å². The molecule has 0 aliphatic carbocycles. The normalized spacial score (nSPS) is 11.6. The van der Waals surface area contributed by atoms with Crippen LogP contribution in [0.2, 0.25) is 0 Å². The Morgan fingerprint density at radius 2 is 1.89 bits per heavy atom. The summed E-state index contributed by atoms with van der Waals surface area (Å²) in [4.78, 5) is 0. The molecule has 0 aromatic heterocycles. The minimum atomic E-state index is 0. The van der Waals surface area contributed by atoms with E-state index in [9.17, 15) is 0 Å². The fraction of sp³-hybridized carbons (Fsp3) is 0.500. The van der Waals surface area contributed by atoms with Gasteiger partial charge in [-0.25, -0.2) is 11.6 Å². The Labute approximate surface area is 71.3 Å². The van der Waals surface area contributed by atoms with Crippen molar-refractivity contribution in [1.82, 2.24) is 0 Å². The average Bonchev–Trinajstić information content (AvgIpc) is 1.84. The summed E-state index contributed by atoms with van der Waals surface area (Å²) in [6.07, 6.45) is 2.77. The molecule has 9 heavy (non-hydrogen) atoms. The Morgan fingerprint density at radius 1 is 1.44 bits per heavy atom. The molecule has 1 radical (unpaired) electrons. The van der Waals surface area contributed by atoms with E-state index >= 15 is 0 Å². The zero-order valence-corrected chi connectivity index (χ0v) is 7.84. The van der Waals surface area contributed by atoms with Crippen LogP contribution >= 0.6 is 0 Å². The van der Waals surface area contributed by atoms with E-state index in [2.05, 4.69) is 6.08 Å². The third kappa shape index (κ3) is 5.94. The maximum atomic E-state index is 7.30. The molecule has 0 nitrogen and oxygen atoms in total. The molecule has 0 aliphatic rings. The van der Waals surface area contributed by atoms with Crippen molar-refractivity contribution < 1.29 is 19.9 Å². The van der Waals surface area contributed by atoms with Crippen LogP contribution in [0.25, 0.3) is 0 Å². The number of hydrogen-bond acceptors (Lipinski definition) is 0. The zero-order chi connectivity index (χ0) is 7.44. The summed E-state index contributed by atoms with van der Waals surface area (Å²) in [6, 6.07) is 0.509. The molecule has 0 N–H and O–H groups in total. The molecule has 0 fully saturated rings. The van der Waals surface area contributed by atoms with Gasteiger partial charge in [0.15, 0.2) is 0 Å². The fourth-order valence-corrected chi connectivity index (χ4v) is 0.312. The van der Waals surface area contributed by atoms with E-state index in [1.54, 1.807) is 6.92 Å². The van der Waals surface area contributed by atoms with Gasteiger partial charge in [0.1, 0.15) is 0 Å². The SMILES string of the molecule is [3H]C(=[C-]C)C(C)=C(C)C.[V]. The number of hydrogen-bond donors (Lipinski definition) is 0. The van der Waals surface area contributed by atoms with Gasteiger partial charge >= 0.3 is 0 Å². The van der Waals surface area contributed by atoms with Gasteiger partial charge in [-0.2, -0.15) is 5.57 Å². The summed E-state index contributed by atoms with van der Waals surface area (Å²) in [5.41, 5.74) is 2.21. The Morgan fingerprint density at radius 3 is 2.00 bits per heavy atom. The summed E-state index contributed by atoms with van der Waals surface area (Å²) < 4.78 is 7.30. The summed E-state index contributed by atoms with van der Waals surface area (Å²) in [6.45, 7) is 7.70. The smallest absolute Gasteiger partial charge is 0.0196 e. The molecular weight excluding hydrogens is 147 g/mol. The zero-order valence-electron chi connectivity index (χ0n) is 7.45. The average molecular weight is 162 g/mol. The van der Waals surface area contributed by atoms with Crippen molar-refractivity contribution in [2.45, 2.75) is 27.7 Å². The van der Waals surface area contributed by atoms with Crippen LogP contribution in [0.1, 0.15) is 29.1 Å². The van der Waals surface area contributed by atoms with Gasteiger partial charge in [0.05, 0.1) is 0 Å². The first-order valence-electron chi connectivity index (χ1n) is 3.25. The summed E-state index contributed by atoms with van der Waals surface area (Å²) >= 11 is 0. The predicted molar refractivity (Wildman–Crippen MR) is 37.5 cm³/mol. The van der Waals surface area contributed by atoms with Gasteiger partial charge in [0.2, 0.25) is 0 Å². The van der Waals surface area contributed by atoms with Crippen molar-refractivity contribution >= 4 is 0 Å². The van der Waals surface area contributed by atoms with E-state index in [-0.39, 0.29) is 18.6 Å². The van der Waals surface area contributed by atoms with Crippen molar-refractivity contribution in [2.24, 2.45) is 0 Å². The van der Waals surface area contributed by atoms with Gasteiger partial charge in [0.25, 0.3) is 0 Å². The van der Waals surface area contributed by atoms with E-state index in [1.807, 2.05) is 20.8 Å². The Hall–Kier alpha value is 0.0644. The van der Waals surface area contributed by atoms with E-state index < -0.39 is 0 Å². The quantitative estimate of drug-likeness (QED) is 0.410. The van der Waals surface area contributed by atoms with E-state index in [0.717, 1.165) is 5.57 Å². The van der Waals surface area contributed by atoms with Crippen LogP contribution in [0.3, 0.4) is 0 Å². The largest absolute Gasteiger partial charge is 0.278 e. The minimum absolute atomic E-state index is 0. The van der Waals surface area contributed by atoms with Crippen LogP contribution in [0, 0.1) is 6.08 Å². The number of allylic oxidation sites excluding steroid dienone is 4. The van der Waals surface area contributed by atoms with Crippen LogP contribution in [0.15, 0.2) is 17.2 Å². The standard InChI is InChI=1S/C8H13.V/c1-5-6-8(4)7(2)3;/h6H,1-4H3;/q-1;/i6T;. The molecule has 1 heteroatoms. The molecule has 0 unspecified atom stereocenters. The van der Waals surface area contributed by atoms with Crippen molar-refractivity contribution in [3.63, 3.8) is 0 Å². The monoisotopic (exact) mass is 162 g/mol. The molecule has 0 rings (SSSR count). The van der Waals surface area contributed by atoms with E-state index in [0.29, 0.717) is 6.05 Å². The third-order valence-electron chi connectivity index (χ3n) is 1.06. The van der Waals surface area contributed by atoms with Crippen LogP contribution in [0.5, 0.6) is 0 Å². The summed E-state index contributed by atoms with van der Waals surface area (Å²) in [5.74, 6) is 0. The maximum Gasteiger partial charge on any atom is 0.0196 e. The Balaban J connectivity index is 0. The van der Waals surface area contributed by atoms with Crippen molar-refractivity contribution in [1.29, 1.82) is 0 Å². The molecule has 0 aromatic rings. The summed E-state index contributed by atoms with van der Waals surface area (Å²) in [5, 5.41) is 0. The second-order valence-corrected chi connectivity index (χ2v) is 2.00. The summed E-state index contributed by atoms with van der Waals surface area (Å²) in [7, 11) is 0. The van der Waals surface area contributed by atoms with Crippen molar-refractivity contribution in [3.05, 3.63) is 23.3 Å². The molecular formula is C8H13V-. The Bertz CT molecular complexity index is 153. The van der Waals surface area contributed by atoms with Crippen LogP contribution in [-0.4, -0.2) is 0 Å². The Kier molecular flexibility index (Phi) is 6.23. The van der Waals surface area contributed by atoms with Gasteiger partial charge in [-0.3, -0.25) is 6.08 Å². The second-order valence-electron chi connectivity index (χ2n) is 2.00. The molecule has 0 saturated heterocycles. The van der Waals surface area contributed by atoms with Gasteiger partial charge in [0, 0.05) is 19.9 Å². The topological polar surface area (TPSA) is 0 Å². The van der Waals surface area contributed by atoms with Crippen molar-refractivity contribution in [2.75, 3.05) is 0 Å². The molecule has 0 amide bonds. The van der Waals surface area contributed by atoms with Crippen LogP contribution in [-0.2, 0) is 18.6 Å². The van der Waals surface area contributed by atoms with Gasteiger partial charge in [-0.05, 0) is 0 Å². The van der Waals surface area contributed by atoms with Crippen LogP contribution < -0.4 is 0 Å². The first-order valence-corrected chi connectivity index (χ1v) is 2.75. The van der Waals surface area contributed by atoms with Gasteiger partial charge < -0.3 is 0 Å². The predicted octanol–water partition coefficient (Wildman–Crippen LogP) is 2.72. The molecule has 51 valence electrons. The first kappa shape index (κ1) is 9.06. The van der Waals surface area contributed by atoms with E-state index in [4.69, 9.17) is 1.37 Å². The fourth-order valence-electron chi connectivity index (χ4n) is 0.312. The molecule has 0 aromatic carbocycles. The second kappa shape index (κ2) is 6.19. The molecule has 0 saturated carbocycles. The molecule has 0 spiro atoms. The molecule has 0 heterocycles. The first-order chi connectivity index (χ1) is 4.09. The molecule has 0 atom stereocenters. The van der Waals surface area contributed by atoms with E-state index in [1.165, 1.54) is 5.57 Å². The van der Waals surface area contributed by atoms with Crippen LogP contribution in [0.4, 0.5) is 0 Å². The third-order valence-corrected chi connectivity index (χ3v) is 1.06. The molecule has 0 bridgehead atoms. The number of rotatable bonds is 1. The van der Waals surface area contributed by atoms with Gasteiger partial charge in [-0.1, -0.05) is 13.8 Å². The maximum absolute atomic E-state index is 7.30. The van der Waals surface area contributed by atoms with Crippen molar-refractivity contribution in [3.8, 4) is 0 Å². The minimum Gasteiger partial charge on any atom is -0.278 e.